The van der Waals surface area contributed by atoms with Crippen molar-refractivity contribution in [2.75, 3.05) is 7.11 Å². The Kier molecular flexibility index (Phi) is 3.39. The molecule has 1 aromatic carbocycles. The van der Waals surface area contributed by atoms with Crippen LogP contribution in [0.25, 0.3) is 39.2 Å². The van der Waals surface area contributed by atoms with Gasteiger partial charge in [0, 0.05) is 28.9 Å². The third-order valence-corrected chi connectivity index (χ3v) is 4.51. The zero-order valence-electron chi connectivity index (χ0n) is 14.3. The molecular weight excluding hydrogens is 345 g/mol. The second kappa shape index (κ2) is 5.91. The molecule has 0 radical (unpaired) electrons. The number of nitrogens with one attached hydrogen (secondary N) is 1. The van der Waals surface area contributed by atoms with Gasteiger partial charge in [0.15, 0.2) is 17.2 Å². The summed E-state index contributed by atoms with van der Waals surface area (Å²) in [5.74, 6) is -0.223. The number of benzene rings is 1. The van der Waals surface area contributed by atoms with Crippen molar-refractivity contribution in [3.05, 3.63) is 66.9 Å². The minimum atomic E-state index is -0.426. The lowest BCUT2D eigenvalue weighted by molar-refractivity contribution is 0.386. The molecule has 0 aliphatic heterocycles. The van der Waals surface area contributed by atoms with Gasteiger partial charge in [0.2, 0.25) is 0 Å². The minimum Gasteiger partial charge on any atom is -0.494 e. The SMILES string of the molecule is COc1ccc(-c2ccc3ncc(-c4cnc5[nH]ccc5c4)n3n2)cc1F. The van der Waals surface area contributed by atoms with Gasteiger partial charge in [-0.1, -0.05) is 0 Å². The van der Waals surface area contributed by atoms with Crippen molar-refractivity contribution in [2.24, 2.45) is 0 Å². The van der Waals surface area contributed by atoms with Crippen molar-refractivity contribution in [2.45, 2.75) is 0 Å². The van der Waals surface area contributed by atoms with Crippen LogP contribution in [0.1, 0.15) is 0 Å². The van der Waals surface area contributed by atoms with Crippen molar-refractivity contribution >= 4 is 16.7 Å². The van der Waals surface area contributed by atoms with Crippen LogP contribution in [-0.4, -0.2) is 31.7 Å². The van der Waals surface area contributed by atoms with Gasteiger partial charge >= 0.3 is 0 Å². The van der Waals surface area contributed by atoms with Gasteiger partial charge in [0.05, 0.1) is 24.7 Å². The number of hydrogen-bond donors (Lipinski definition) is 1. The third-order valence-electron chi connectivity index (χ3n) is 4.51. The number of rotatable bonds is 3. The number of hydrogen-bond acceptors (Lipinski definition) is 4. The molecule has 0 saturated heterocycles. The van der Waals surface area contributed by atoms with E-state index < -0.39 is 5.82 Å². The van der Waals surface area contributed by atoms with Crippen LogP contribution in [-0.2, 0) is 0 Å². The number of aromatic amines is 1. The van der Waals surface area contributed by atoms with Crippen LogP contribution in [0.3, 0.4) is 0 Å². The fourth-order valence-corrected chi connectivity index (χ4v) is 3.13. The van der Waals surface area contributed by atoms with Crippen molar-refractivity contribution in [1.82, 2.24) is 24.6 Å². The van der Waals surface area contributed by atoms with E-state index in [0.29, 0.717) is 16.9 Å². The Morgan fingerprint density at radius 3 is 2.78 bits per heavy atom. The van der Waals surface area contributed by atoms with Gasteiger partial charge in [-0.25, -0.2) is 18.9 Å². The molecule has 0 unspecified atom stereocenters. The maximum absolute atomic E-state index is 14.1. The molecule has 7 heteroatoms. The van der Waals surface area contributed by atoms with Crippen LogP contribution in [0.2, 0.25) is 0 Å². The highest BCUT2D eigenvalue weighted by atomic mass is 19.1. The number of imidazole rings is 1. The zero-order chi connectivity index (χ0) is 18.4. The van der Waals surface area contributed by atoms with Gasteiger partial charge in [0.25, 0.3) is 0 Å². The Labute approximate surface area is 153 Å². The number of aromatic nitrogens is 5. The van der Waals surface area contributed by atoms with Crippen LogP contribution in [0.15, 0.2) is 61.1 Å². The largest absolute Gasteiger partial charge is 0.494 e. The van der Waals surface area contributed by atoms with Gasteiger partial charge < -0.3 is 9.72 Å². The molecule has 4 heterocycles. The Morgan fingerprint density at radius 1 is 1.00 bits per heavy atom. The highest BCUT2D eigenvalue weighted by molar-refractivity contribution is 5.81. The fourth-order valence-electron chi connectivity index (χ4n) is 3.13. The summed E-state index contributed by atoms with van der Waals surface area (Å²) in [7, 11) is 1.44. The molecule has 0 amide bonds. The zero-order valence-corrected chi connectivity index (χ0v) is 14.3. The molecule has 0 aliphatic carbocycles. The van der Waals surface area contributed by atoms with Gasteiger partial charge in [-0.15, -0.1) is 0 Å². The number of methoxy groups -OCH3 is 1. The first kappa shape index (κ1) is 15.5. The number of ether oxygens (including phenoxy) is 1. The van der Waals surface area contributed by atoms with E-state index in [2.05, 4.69) is 20.1 Å². The second-order valence-electron chi connectivity index (χ2n) is 6.12. The molecule has 132 valence electrons. The van der Waals surface area contributed by atoms with Crippen molar-refractivity contribution in [3.63, 3.8) is 0 Å². The molecule has 0 fully saturated rings. The molecule has 1 N–H and O–H groups in total. The lowest BCUT2D eigenvalue weighted by atomic mass is 10.1. The summed E-state index contributed by atoms with van der Waals surface area (Å²) in [6.45, 7) is 0. The first-order valence-corrected chi connectivity index (χ1v) is 8.35. The molecule has 0 aliphatic rings. The van der Waals surface area contributed by atoms with Crippen LogP contribution < -0.4 is 4.74 Å². The molecule has 0 spiro atoms. The van der Waals surface area contributed by atoms with E-state index >= 15 is 0 Å². The van der Waals surface area contributed by atoms with Crippen molar-refractivity contribution < 1.29 is 9.13 Å². The molecule has 5 aromatic rings. The minimum absolute atomic E-state index is 0.203. The smallest absolute Gasteiger partial charge is 0.165 e. The predicted molar refractivity (Wildman–Crippen MR) is 100 cm³/mol. The summed E-state index contributed by atoms with van der Waals surface area (Å²) < 4.78 is 20.8. The highest BCUT2D eigenvalue weighted by Gasteiger charge is 2.12. The molecule has 27 heavy (non-hydrogen) atoms. The van der Waals surface area contributed by atoms with E-state index in [1.54, 1.807) is 29.0 Å². The van der Waals surface area contributed by atoms with E-state index in [4.69, 9.17) is 4.74 Å². The quantitative estimate of drug-likeness (QED) is 0.527. The summed E-state index contributed by atoms with van der Waals surface area (Å²) in [6.07, 6.45) is 5.39. The normalized spacial score (nSPS) is 11.3. The molecule has 0 bridgehead atoms. The lowest BCUT2D eigenvalue weighted by Gasteiger charge is -2.07. The Bertz CT molecular complexity index is 1290. The number of fused-ring (bicyclic) bond motifs is 2. The van der Waals surface area contributed by atoms with Crippen LogP contribution >= 0.6 is 0 Å². The van der Waals surface area contributed by atoms with Crippen molar-refractivity contribution in [1.29, 1.82) is 0 Å². The molecule has 0 saturated carbocycles. The van der Waals surface area contributed by atoms with Gasteiger partial charge in [-0.3, -0.25) is 0 Å². The standard InChI is InChI=1S/C20H14FN5O/c1-27-18-4-2-12(9-15(18)21)16-3-5-19-23-11-17(26(19)25-16)14-8-13-6-7-22-20(13)24-10-14/h2-11H,1H3,(H,22,24). The topological polar surface area (TPSA) is 68.1 Å². The third kappa shape index (κ3) is 2.52. The molecular formula is C20H14FN5O. The summed E-state index contributed by atoms with van der Waals surface area (Å²) in [6, 6.07) is 12.5. The van der Waals surface area contributed by atoms with Crippen molar-refractivity contribution in [3.8, 4) is 28.3 Å². The Morgan fingerprint density at radius 2 is 1.93 bits per heavy atom. The van der Waals surface area contributed by atoms with E-state index in [9.17, 15) is 4.39 Å². The number of halogens is 1. The first-order valence-electron chi connectivity index (χ1n) is 8.35. The highest BCUT2D eigenvalue weighted by Crippen LogP contribution is 2.27. The van der Waals surface area contributed by atoms with E-state index in [-0.39, 0.29) is 5.75 Å². The molecule has 6 nitrogen and oxygen atoms in total. The molecule has 4 aromatic heterocycles. The summed E-state index contributed by atoms with van der Waals surface area (Å²) in [5.41, 5.74) is 4.55. The second-order valence-corrected chi connectivity index (χ2v) is 6.12. The maximum Gasteiger partial charge on any atom is 0.165 e. The average molecular weight is 359 g/mol. The predicted octanol–water partition coefficient (Wildman–Crippen LogP) is 4.09. The summed E-state index contributed by atoms with van der Waals surface area (Å²) in [5, 5.41) is 5.67. The maximum atomic E-state index is 14.1. The lowest BCUT2D eigenvalue weighted by Crippen LogP contribution is -1.97. The number of H-pyrrole nitrogens is 1. The Balaban J connectivity index is 1.65. The fraction of sp³-hybridized carbons (Fsp3) is 0.0500. The van der Waals surface area contributed by atoms with E-state index in [1.165, 1.54) is 13.2 Å². The number of nitrogens with zero attached hydrogens (tertiary/aromatic N) is 4. The van der Waals surface area contributed by atoms with Crippen LogP contribution in [0.4, 0.5) is 4.39 Å². The van der Waals surface area contributed by atoms with Gasteiger partial charge in [-0.2, -0.15) is 5.10 Å². The van der Waals surface area contributed by atoms with Crippen LogP contribution in [0, 0.1) is 5.82 Å². The van der Waals surface area contributed by atoms with E-state index in [0.717, 1.165) is 22.3 Å². The van der Waals surface area contributed by atoms with E-state index in [1.807, 2.05) is 30.5 Å². The molecule has 0 atom stereocenters. The summed E-state index contributed by atoms with van der Waals surface area (Å²) >= 11 is 0. The van der Waals surface area contributed by atoms with Gasteiger partial charge in [-0.05, 0) is 42.5 Å². The number of pyridine rings is 1. The molecule has 5 rings (SSSR count). The monoisotopic (exact) mass is 359 g/mol. The summed E-state index contributed by atoms with van der Waals surface area (Å²) in [4.78, 5) is 11.9. The van der Waals surface area contributed by atoms with Crippen LogP contribution in [0.5, 0.6) is 5.75 Å². The first-order chi connectivity index (χ1) is 13.2. The Hall–Kier alpha value is -3.74. The van der Waals surface area contributed by atoms with Gasteiger partial charge in [0.1, 0.15) is 5.65 Å². The average Bonchev–Trinajstić information content (AvgIpc) is 3.33.